The Labute approximate surface area is 182 Å². The second-order valence-electron chi connectivity index (χ2n) is 6.26. The SMILES string of the molecule is C=CCOc1c(C=C2NC(=O)N(Cc3ccc(C(=O)OC)o3)C2=O)cc(Cl)cc1OC. The van der Waals surface area contributed by atoms with Crippen LogP contribution in [0.4, 0.5) is 4.79 Å². The number of rotatable bonds is 8. The molecule has 1 fully saturated rings. The topological polar surface area (TPSA) is 107 Å². The van der Waals surface area contributed by atoms with E-state index in [-0.39, 0.29) is 30.4 Å². The fourth-order valence-electron chi connectivity index (χ4n) is 2.84. The van der Waals surface area contributed by atoms with Gasteiger partial charge in [0.2, 0.25) is 5.76 Å². The van der Waals surface area contributed by atoms with Crippen LogP contribution in [0.5, 0.6) is 11.5 Å². The molecule has 0 unspecified atom stereocenters. The molecule has 1 aliphatic rings. The summed E-state index contributed by atoms with van der Waals surface area (Å²) in [5.41, 5.74) is 0.445. The van der Waals surface area contributed by atoms with Crippen molar-refractivity contribution in [1.29, 1.82) is 0 Å². The highest BCUT2D eigenvalue weighted by atomic mass is 35.5. The van der Waals surface area contributed by atoms with Crippen LogP contribution < -0.4 is 14.8 Å². The molecule has 0 atom stereocenters. The lowest BCUT2D eigenvalue weighted by molar-refractivity contribution is -0.123. The second kappa shape index (κ2) is 9.40. The van der Waals surface area contributed by atoms with E-state index in [4.69, 9.17) is 25.5 Å². The third kappa shape index (κ3) is 4.72. The van der Waals surface area contributed by atoms with Crippen LogP contribution in [0.1, 0.15) is 21.9 Å². The Morgan fingerprint density at radius 3 is 2.74 bits per heavy atom. The summed E-state index contributed by atoms with van der Waals surface area (Å²) in [6, 6.07) is 5.39. The van der Waals surface area contributed by atoms with E-state index in [1.807, 2.05) is 0 Å². The van der Waals surface area contributed by atoms with Gasteiger partial charge in [-0.15, -0.1) is 0 Å². The van der Waals surface area contributed by atoms with E-state index in [0.29, 0.717) is 22.1 Å². The van der Waals surface area contributed by atoms with Crippen LogP contribution in [-0.4, -0.2) is 43.6 Å². The molecule has 0 radical (unpaired) electrons. The van der Waals surface area contributed by atoms with Gasteiger partial charge in [0, 0.05) is 16.7 Å². The molecule has 1 aliphatic heterocycles. The number of nitrogens with zero attached hydrogens (tertiary/aromatic N) is 1. The first kappa shape index (κ1) is 22.0. The maximum atomic E-state index is 12.8. The highest BCUT2D eigenvalue weighted by Crippen LogP contribution is 2.36. The average Bonchev–Trinajstić information content (AvgIpc) is 3.32. The number of furan rings is 1. The number of ether oxygens (including phenoxy) is 3. The summed E-state index contributed by atoms with van der Waals surface area (Å²) in [4.78, 5) is 37.6. The molecule has 0 saturated carbocycles. The maximum Gasteiger partial charge on any atom is 0.373 e. The van der Waals surface area contributed by atoms with E-state index in [1.165, 1.54) is 32.4 Å². The molecule has 2 heterocycles. The molecule has 2 aromatic rings. The minimum Gasteiger partial charge on any atom is -0.493 e. The van der Waals surface area contributed by atoms with Crippen molar-refractivity contribution in [2.24, 2.45) is 0 Å². The summed E-state index contributed by atoms with van der Waals surface area (Å²) in [7, 11) is 2.68. The summed E-state index contributed by atoms with van der Waals surface area (Å²) in [5, 5.41) is 2.86. The third-order valence-electron chi connectivity index (χ3n) is 4.24. The van der Waals surface area contributed by atoms with Crippen molar-refractivity contribution in [3.05, 3.63) is 64.7 Å². The van der Waals surface area contributed by atoms with Gasteiger partial charge in [0.25, 0.3) is 5.91 Å². The van der Waals surface area contributed by atoms with Crippen LogP contribution in [0.2, 0.25) is 5.02 Å². The van der Waals surface area contributed by atoms with Crippen molar-refractivity contribution in [3.63, 3.8) is 0 Å². The van der Waals surface area contributed by atoms with Crippen molar-refractivity contribution < 1.29 is 33.0 Å². The van der Waals surface area contributed by atoms with E-state index >= 15 is 0 Å². The van der Waals surface area contributed by atoms with Gasteiger partial charge in [-0.2, -0.15) is 0 Å². The van der Waals surface area contributed by atoms with Gasteiger partial charge >= 0.3 is 12.0 Å². The lowest BCUT2D eigenvalue weighted by atomic mass is 10.1. The number of hydrogen-bond donors (Lipinski definition) is 1. The number of urea groups is 1. The molecule has 0 aliphatic carbocycles. The summed E-state index contributed by atoms with van der Waals surface area (Å²) < 4.78 is 20.9. The van der Waals surface area contributed by atoms with Gasteiger partial charge in [0.05, 0.1) is 20.8 Å². The fourth-order valence-corrected chi connectivity index (χ4v) is 3.06. The van der Waals surface area contributed by atoms with E-state index in [2.05, 4.69) is 16.6 Å². The largest absolute Gasteiger partial charge is 0.493 e. The Balaban J connectivity index is 1.88. The highest BCUT2D eigenvalue weighted by Gasteiger charge is 2.34. The lowest BCUT2D eigenvalue weighted by Crippen LogP contribution is -2.30. The quantitative estimate of drug-likeness (QED) is 0.286. The first-order valence-electron chi connectivity index (χ1n) is 9.00. The minimum atomic E-state index is -0.661. The Morgan fingerprint density at radius 1 is 1.29 bits per heavy atom. The molecule has 1 aromatic heterocycles. The standard InChI is InChI=1S/C21H19ClN2O7/c1-4-7-30-18-12(8-13(22)10-17(18)28-2)9-15-19(25)24(21(27)23-15)11-14-5-6-16(31-14)20(26)29-3/h4-6,8-10H,1,7,11H2,2-3H3,(H,23,27). The Morgan fingerprint density at radius 2 is 2.06 bits per heavy atom. The average molecular weight is 447 g/mol. The fraction of sp³-hybridized carbons (Fsp3) is 0.190. The zero-order chi connectivity index (χ0) is 22.5. The number of imide groups is 1. The van der Waals surface area contributed by atoms with Crippen molar-refractivity contribution >= 4 is 35.6 Å². The van der Waals surface area contributed by atoms with Crippen LogP contribution in [0.25, 0.3) is 6.08 Å². The number of benzene rings is 1. The van der Waals surface area contributed by atoms with Gasteiger partial charge in [-0.3, -0.25) is 9.69 Å². The van der Waals surface area contributed by atoms with E-state index in [0.717, 1.165) is 4.90 Å². The van der Waals surface area contributed by atoms with Crippen molar-refractivity contribution in [1.82, 2.24) is 10.2 Å². The third-order valence-corrected chi connectivity index (χ3v) is 4.46. The molecule has 1 aromatic carbocycles. The number of halogens is 1. The molecule has 162 valence electrons. The number of carbonyl (C=O) groups excluding carboxylic acids is 3. The van der Waals surface area contributed by atoms with E-state index in [9.17, 15) is 14.4 Å². The van der Waals surface area contributed by atoms with Crippen molar-refractivity contribution in [3.8, 4) is 11.5 Å². The molecule has 31 heavy (non-hydrogen) atoms. The monoisotopic (exact) mass is 446 g/mol. The van der Waals surface area contributed by atoms with E-state index in [1.54, 1.807) is 18.2 Å². The predicted molar refractivity (Wildman–Crippen MR) is 111 cm³/mol. The second-order valence-corrected chi connectivity index (χ2v) is 6.70. The smallest absolute Gasteiger partial charge is 0.373 e. The van der Waals surface area contributed by atoms with Gasteiger partial charge in [0.1, 0.15) is 18.1 Å². The first-order valence-corrected chi connectivity index (χ1v) is 9.38. The maximum absolute atomic E-state index is 12.8. The summed E-state index contributed by atoms with van der Waals surface area (Å²) >= 11 is 6.14. The molecular formula is C21H19ClN2O7. The van der Waals surface area contributed by atoms with Gasteiger partial charge in [-0.05, 0) is 24.3 Å². The summed E-state index contributed by atoms with van der Waals surface area (Å²) in [5.74, 6) is -0.338. The van der Waals surface area contributed by atoms with Crippen molar-refractivity contribution in [2.75, 3.05) is 20.8 Å². The normalized spacial score (nSPS) is 14.5. The van der Waals surface area contributed by atoms with Crippen LogP contribution in [-0.2, 0) is 16.1 Å². The molecule has 9 nitrogen and oxygen atoms in total. The zero-order valence-electron chi connectivity index (χ0n) is 16.8. The van der Waals surface area contributed by atoms with E-state index < -0.39 is 17.9 Å². The van der Waals surface area contributed by atoms with Crippen LogP contribution in [0.3, 0.4) is 0 Å². The van der Waals surface area contributed by atoms with Crippen LogP contribution in [0, 0.1) is 0 Å². The molecule has 1 N–H and O–H groups in total. The van der Waals surface area contributed by atoms with Gasteiger partial charge in [-0.1, -0.05) is 24.3 Å². The number of amides is 3. The molecule has 3 amide bonds. The molecule has 0 spiro atoms. The van der Waals surface area contributed by atoms with Gasteiger partial charge in [-0.25, -0.2) is 9.59 Å². The minimum absolute atomic E-state index is 0.0116. The lowest BCUT2D eigenvalue weighted by Gasteiger charge is -2.13. The molecule has 3 rings (SSSR count). The zero-order valence-corrected chi connectivity index (χ0v) is 17.5. The summed E-state index contributed by atoms with van der Waals surface area (Å²) in [6.07, 6.45) is 3.00. The number of methoxy groups -OCH3 is 2. The Kier molecular flexibility index (Phi) is 6.66. The molecule has 0 bridgehead atoms. The number of hydrogen-bond acceptors (Lipinski definition) is 7. The van der Waals surface area contributed by atoms with Crippen LogP contribution in [0.15, 0.2) is 47.0 Å². The molecule has 10 heteroatoms. The summed E-state index contributed by atoms with van der Waals surface area (Å²) in [6.45, 7) is 3.64. The number of nitrogens with one attached hydrogen (secondary N) is 1. The van der Waals surface area contributed by atoms with Gasteiger partial charge in [0.15, 0.2) is 11.5 Å². The van der Waals surface area contributed by atoms with Crippen LogP contribution >= 0.6 is 11.6 Å². The Bertz CT molecular complexity index is 1070. The first-order chi connectivity index (χ1) is 14.9. The Hall–Kier alpha value is -3.72. The molecular weight excluding hydrogens is 428 g/mol. The number of esters is 1. The number of carbonyl (C=O) groups is 3. The molecule has 1 saturated heterocycles. The van der Waals surface area contributed by atoms with Gasteiger partial charge < -0.3 is 23.9 Å². The van der Waals surface area contributed by atoms with Crippen molar-refractivity contribution in [2.45, 2.75) is 6.54 Å². The highest BCUT2D eigenvalue weighted by molar-refractivity contribution is 6.31. The predicted octanol–water partition coefficient (Wildman–Crippen LogP) is 3.39.